The lowest BCUT2D eigenvalue weighted by Crippen LogP contribution is -2.52. The summed E-state index contributed by atoms with van der Waals surface area (Å²) in [5.74, 6) is -2.51. The first-order valence-corrected chi connectivity index (χ1v) is 10.4. The summed E-state index contributed by atoms with van der Waals surface area (Å²) < 4.78 is 0. The lowest BCUT2D eigenvalue weighted by atomic mass is 9.81. The molecular formula is C22H26N4O4S. The highest BCUT2D eigenvalue weighted by Crippen LogP contribution is 2.39. The molecule has 2 aliphatic rings. The van der Waals surface area contributed by atoms with Gasteiger partial charge in [-0.1, -0.05) is 18.2 Å². The van der Waals surface area contributed by atoms with E-state index in [1.807, 2.05) is 0 Å². The molecule has 0 spiro atoms. The Bertz CT molecular complexity index is 1040. The van der Waals surface area contributed by atoms with Gasteiger partial charge in [0.2, 0.25) is 0 Å². The van der Waals surface area contributed by atoms with E-state index < -0.39 is 11.9 Å². The molecule has 164 valence electrons. The molecule has 0 saturated carbocycles. The van der Waals surface area contributed by atoms with E-state index in [4.69, 9.17) is 22.4 Å². The quantitative estimate of drug-likeness (QED) is 0.360. The van der Waals surface area contributed by atoms with E-state index in [0.29, 0.717) is 18.2 Å². The van der Waals surface area contributed by atoms with Crippen LogP contribution in [0.5, 0.6) is 0 Å². The first kappa shape index (κ1) is 22.5. The molecule has 31 heavy (non-hydrogen) atoms. The minimum atomic E-state index is -1.26. The van der Waals surface area contributed by atoms with Gasteiger partial charge in [0.05, 0.1) is 6.04 Å². The summed E-state index contributed by atoms with van der Waals surface area (Å²) >= 11 is 5.36. The van der Waals surface area contributed by atoms with Crippen molar-refractivity contribution < 1.29 is 19.8 Å². The van der Waals surface area contributed by atoms with Crippen LogP contribution < -0.4 is 10.6 Å². The van der Waals surface area contributed by atoms with Gasteiger partial charge in [0, 0.05) is 48.4 Å². The zero-order valence-corrected chi connectivity index (χ0v) is 18.2. The number of aromatic nitrogens is 1. The maximum Gasteiger partial charge on any atom is 0.328 e. The SMILES string of the molecule is CCNC(=S)N[C@H]1C=C2c3cccc4[nH]cc(c34)C[C@H]2N(C)C1.O=C(O)C=CC(=O)O. The Labute approximate surface area is 185 Å². The van der Waals surface area contributed by atoms with Crippen molar-refractivity contribution in [3.05, 3.63) is 53.8 Å². The van der Waals surface area contributed by atoms with Gasteiger partial charge >= 0.3 is 11.9 Å². The number of benzene rings is 1. The fourth-order valence-corrected chi connectivity index (χ4v) is 4.36. The van der Waals surface area contributed by atoms with Crippen LogP contribution in [-0.4, -0.2) is 69.4 Å². The minimum absolute atomic E-state index is 0.244. The van der Waals surface area contributed by atoms with E-state index in [0.717, 1.165) is 24.6 Å². The first-order chi connectivity index (χ1) is 14.8. The third-order valence-corrected chi connectivity index (χ3v) is 5.55. The number of fused-ring (bicyclic) bond motifs is 2. The summed E-state index contributed by atoms with van der Waals surface area (Å²) in [5, 5.41) is 24.4. The molecular weight excluding hydrogens is 416 g/mol. The van der Waals surface area contributed by atoms with Crippen molar-refractivity contribution in [2.24, 2.45) is 0 Å². The molecule has 2 aromatic rings. The summed E-state index contributed by atoms with van der Waals surface area (Å²) in [6, 6.07) is 7.24. The van der Waals surface area contributed by atoms with E-state index >= 15 is 0 Å². The van der Waals surface area contributed by atoms with Crippen molar-refractivity contribution in [2.45, 2.75) is 25.4 Å². The van der Waals surface area contributed by atoms with Crippen LogP contribution in [0.15, 0.2) is 42.6 Å². The number of carbonyl (C=O) groups is 2. The molecule has 4 rings (SSSR count). The van der Waals surface area contributed by atoms with Gasteiger partial charge in [-0.3, -0.25) is 4.90 Å². The van der Waals surface area contributed by atoms with Crippen LogP contribution >= 0.6 is 12.2 Å². The molecule has 2 heterocycles. The van der Waals surface area contributed by atoms with Crippen molar-refractivity contribution in [1.29, 1.82) is 0 Å². The first-order valence-electron chi connectivity index (χ1n) is 9.99. The second-order valence-corrected chi connectivity index (χ2v) is 7.85. The van der Waals surface area contributed by atoms with Crippen LogP contribution in [0.2, 0.25) is 0 Å². The topological polar surface area (TPSA) is 118 Å². The fraction of sp³-hybridized carbons (Fsp3) is 0.318. The van der Waals surface area contributed by atoms with E-state index in [-0.39, 0.29) is 6.04 Å². The second kappa shape index (κ2) is 9.76. The van der Waals surface area contributed by atoms with Crippen LogP contribution in [0.25, 0.3) is 16.5 Å². The van der Waals surface area contributed by atoms with Gasteiger partial charge in [-0.15, -0.1) is 0 Å². The van der Waals surface area contributed by atoms with E-state index in [1.54, 1.807) is 0 Å². The average Bonchev–Trinajstić information content (AvgIpc) is 3.12. The molecule has 0 radical (unpaired) electrons. The molecule has 0 saturated heterocycles. The Morgan fingerprint density at radius 2 is 2.00 bits per heavy atom. The Morgan fingerprint density at radius 3 is 2.65 bits per heavy atom. The van der Waals surface area contributed by atoms with Crippen molar-refractivity contribution in [2.75, 3.05) is 20.1 Å². The van der Waals surface area contributed by atoms with Gasteiger partial charge in [-0.05, 0) is 55.4 Å². The number of carboxylic acids is 2. The molecule has 1 aromatic carbocycles. The predicted octanol–water partition coefficient (Wildman–Crippen LogP) is 1.99. The minimum Gasteiger partial charge on any atom is -0.478 e. The van der Waals surface area contributed by atoms with Crippen LogP contribution in [0.3, 0.4) is 0 Å². The molecule has 0 unspecified atom stereocenters. The van der Waals surface area contributed by atoms with Crippen molar-refractivity contribution in [1.82, 2.24) is 20.5 Å². The van der Waals surface area contributed by atoms with Crippen LogP contribution in [0.4, 0.5) is 0 Å². The van der Waals surface area contributed by atoms with Gasteiger partial charge in [0.25, 0.3) is 0 Å². The standard InChI is InChI=1S/C18H22N4S.C4H4O4/c1-3-19-18(23)21-12-8-14-13-5-4-6-15-17(13)11(9-20-15)7-16(14)22(2)10-12;5-3(6)1-2-4(7)8/h4-6,8-9,12,16,20H,3,7,10H2,1-2H3,(H2,19,21,23);1-2H,(H,5,6)(H,7,8)/t12-,16+;/m0./s1. The van der Waals surface area contributed by atoms with E-state index in [1.165, 1.54) is 27.6 Å². The molecule has 8 nitrogen and oxygen atoms in total. The average molecular weight is 443 g/mol. The number of likely N-dealkylation sites (N-methyl/N-ethyl adjacent to an activating group) is 1. The third kappa shape index (κ3) is 5.31. The van der Waals surface area contributed by atoms with E-state index in [2.05, 4.69) is 65.0 Å². The van der Waals surface area contributed by atoms with Crippen LogP contribution in [0.1, 0.15) is 18.1 Å². The van der Waals surface area contributed by atoms with Crippen LogP contribution in [-0.2, 0) is 16.0 Å². The number of hydrogen-bond donors (Lipinski definition) is 5. The van der Waals surface area contributed by atoms with Crippen molar-refractivity contribution >= 4 is 45.7 Å². The molecule has 0 bridgehead atoms. The van der Waals surface area contributed by atoms with Crippen molar-refractivity contribution in [3.8, 4) is 0 Å². The largest absolute Gasteiger partial charge is 0.478 e. The third-order valence-electron chi connectivity index (χ3n) is 5.29. The Hall–Kier alpha value is -3.17. The fourth-order valence-electron chi connectivity index (χ4n) is 4.07. The van der Waals surface area contributed by atoms with Crippen molar-refractivity contribution in [3.63, 3.8) is 0 Å². The molecule has 1 aliphatic carbocycles. The number of aliphatic carboxylic acids is 2. The summed E-state index contributed by atoms with van der Waals surface area (Å²) in [7, 11) is 2.21. The number of hydrogen-bond acceptors (Lipinski definition) is 4. The van der Waals surface area contributed by atoms with Gasteiger partial charge in [-0.2, -0.15) is 0 Å². The summed E-state index contributed by atoms with van der Waals surface area (Å²) in [6.45, 7) is 3.87. The molecule has 5 N–H and O–H groups in total. The summed E-state index contributed by atoms with van der Waals surface area (Å²) in [4.78, 5) is 25.0. The number of rotatable bonds is 4. The van der Waals surface area contributed by atoms with Gasteiger partial charge in [0.15, 0.2) is 5.11 Å². The lowest BCUT2D eigenvalue weighted by molar-refractivity contribution is -0.134. The Kier molecular flexibility index (Phi) is 7.09. The predicted molar refractivity (Wildman–Crippen MR) is 124 cm³/mol. The zero-order chi connectivity index (χ0) is 22.5. The number of nitrogens with one attached hydrogen (secondary N) is 3. The number of nitrogens with zero attached hydrogens (tertiary/aromatic N) is 1. The normalized spacial score (nSPS) is 19.7. The maximum absolute atomic E-state index is 9.55. The van der Waals surface area contributed by atoms with Gasteiger partial charge in [0.1, 0.15) is 0 Å². The second-order valence-electron chi connectivity index (χ2n) is 7.44. The maximum atomic E-state index is 9.55. The number of aromatic amines is 1. The highest BCUT2D eigenvalue weighted by molar-refractivity contribution is 7.80. The highest BCUT2D eigenvalue weighted by Gasteiger charge is 2.33. The lowest BCUT2D eigenvalue weighted by Gasteiger charge is -2.40. The zero-order valence-electron chi connectivity index (χ0n) is 17.4. The summed E-state index contributed by atoms with van der Waals surface area (Å²) in [6.07, 6.45) is 6.73. The van der Waals surface area contributed by atoms with Gasteiger partial charge < -0.3 is 25.8 Å². The van der Waals surface area contributed by atoms with Gasteiger partial charge in [-0.25, -0.2) is 9.59 Å². The molecule has 0 amide bonds. The summed E-state index contributed by atoms with van der Waals surface area (Å²) in [5.41, 5.74) is 5.45. The highest BCUT2D eigenvalue weighted by atomic mass is 32.1. The number of H-pyrrole nitrogens is 1. The molecule has 1 aliphatic heterocycles. The Balaban J connectivity index is 0.000000293. The number of carboxylic acid groups (broad SMARTS) is 2. The van der Waals surface area contributed by atoms with Crippen LogP contribution in [0, 0.1) is 0 Å². The molecule has 0 fully saturated rings. The molecule has 9 heteroatoms. The molecule has 1 aromatic heterocycles. The van der Waals surface area contributed by atoms with E-state index in [9.17, 15) is 9.59 Å². The smallest absolute Gasteiger partial charge is 0.328 e. The monoisotopic (exact) mass is 442 g/mol. The molecule has 2 atom stereocenters. The number of thiocarbonyl (C=S) groups is 1. The Morgan fingerprint density at radius 1 is 1.29 bits per heavy atom.